The van der Waals surface area contributed by atoms with Gasteiger partial charge in [-0.1, -0.05) is 12.1 Å². The van der Waals surface area contributed by atoms with Crippen molar-refractivity contribution in [1.82, 2.24) is 20.5 Å². The summed E-state index contributed by atoms with van der Waals surface area (Å²) >= 11 is 0. The van der Waals surface area contributed by atoms with E-state index in [0.29, 0.717) is 5.82 Å². The maximum absolute atomic E-state index is 12.4. The number of aromatic nitrogens is 3. The van der Waals surface area contributed by atoms with Crippen LogP contribution in [0, 0.1) is 6.92 Å². The van der Waals surface area contributed by atoms with Crippen LogP contribution in [0.4, 0.5) is 5.69 Å². The summed E-state index contributed by atoms with van der Waals surface area (Å²) in [6.45, 7) is 4.69. The fourth-order valence-corrected chi connectivity index (χ4v) is 2.57. The summed E-state index contributed by atoms with van der Waals surface area (Å²) in [7, 11) is 0. The smallest absolute Gasteiger partial charge is 0.244 e. The lowest BCUT2D eigenvalue weighted by Gasteiger charge is -2.23. The predicted octanol–water partition coefficient (Wildman–Crippen LogP) is 1.86. The zero-order valence-electron chi connectivity index (χ0n) is 12.2. The average molecular weight is 285 g/mol. The molecule has 1 atom stereocenters. The van der Waals surface area contributed by atoms with E-state index < -0.39 is 5.54 Å². The van der Waals surface area contributed by atoms with Gasteiger partial charge in [0, 0.05) is 11.3 Å². The number of carbonyl (C=O) groups is 1. The highest BCUT2D eigenvalue weighted by molar-refractivity contribution is 5.98. The summed E-state index contributed by atoms with van der Waals surface area (Å²) in [4.78, 5) is 16.7. The summed E-state index contributed by atoms with van der Waals surface area (Å²) in [5.74, 6) is 1.40. The number of aryl methyl sites for hydroxylation is 1. The van der Waals surface area contributed by atoms with Crippen LogP contribution in [0.25, 0.3) is 11.4 Å². The highest BCUT2D eigenvalue weighted by Gasteiger charge is 2.35. The minimum absolute atomic E-state index is 0.00307. The van der Waals surface area contributed by atoms with Crippen LogP contribution in [0.2, 0.25) is 0 Å². The molecule has 110 valence electrons. The second-order valence-electron chi connectivity index (χ2n) is 5.64. The van der Waals surface area contributed by atoms with Crippen molar-refractivity contribution in [3.63, 3.8) is 0 Å². The second kappa shape index (κ2) is 5.29. The first kappa shape index (κ1) is 13.8. The van der Waals surface area contributed by atoms with Crippen molar-refractivity contribution < 1.29 is 4.79 Å². The molecule has 1 aromatic heterocycles. The maximum Gasteiger partial charge on any atom is 0.244 e. The number of anilines is 1. The van der Waals surface area contributed by atoms with E-state index in [1.807, 2.05) is 38.1 Å². The van der Waals surface area contributed by atoms with E-state index in [1.54, 1.807) is 0 Å². The normalized spacial score (nSPS) is 21.4. The van der Waals surface area contributed by atoms with Gasteiger partial charge in [0.25, 0.3) is 0 Å². The Kier molecular flexibility index (Phi) is 3.47. The summed E-state index contributed by atoms with van der Waals surface area (Å²) < 4.78 is 0. The van der Waals surface area contributed by atoms with E-state index in [1.165, 1.54) is 0 Å². The van der Waals surface area contributed by atoms with Crippen LogP contribution in [0.15, 0.2) is 24.3 Å². The summed E-state index contributed by atoms with van der Waals surface area (Å²) in [5, 5.41) is 13.2. The molecule has 0 radical (unpaired) electrons. The van der Waals surface area contributed by atoms with Gasteiger partial charge in [-0.3, -0.25) is 9.89 Å². The van der Waals surface area contributed by atoms with Gasteiger partial charge in [-0.05, 0) is 45.4 Å². The van der Waals surface area contributed by atoms with Crippen LogP contribution < -0.4 is 10.6 Å². The van der Waals surface area contributed by atoms with E-state index in [9.17, 15) is 4.79 Å². The van der Waals surface area contributed by atoms with Gasteiger partial charge in [0.1, 0.15) is 5.82 Å². The van der Waals surface area contributed by atoms with Gasteiger partial charge in [0.05, 0.1) is 5.54 Å². The highest BCUT2D eigenvalue weighted by atomic mass is 16.2. The molecule has 1 saturated heterocycles. The molecule has 21 heavy (non-hydrogen) atoms. The first-order chi connectivity index (χ1) is 10.1. The molecule has 1 aliphatic heterocycles. The number of rotatable bonds is 3. The molecule has 3 rings (SSSR count). The number of H-pyrrole nitrogens is 1. The number of benzene rings is 1. The Morgan fingerprint density at radius 1 is 1.43 bits per heavy atom. The van der Waals surface area contributed by atoms with Gasteiger partial charge in [0.2, 0.25) is 5.91 Å². The van der Waals surface area contributed by atoms with Crippen LogP contribution >= 0.6 is 0 Å². The Morgan fingerprint density at radius 3 is 2.95 bits per heavy atom. The van der Waals surface area contributed by atoms with Crippen molar-refractivity contribution in [1.29, 1.82) is 0 Å². The molecule has 3 N–H and O–H groups in total. The topological polar surface area (TPSA) is 82.7 Å². The molecule has 2 aromatic rings. The monoisotopic (exact) mass is 285 g/mol. The van der Waals surface area contributed by atoms with Crippen molar-refractivity contribution in [2.45, 2.75) is 32.2 Å². The van der Waals surface area contributed by atoms with Crippen molar-refractivity contribution in [2.24, 2.45) is 0 Å². The Balaban J connectivity index is 1.79. The molecule has 0 bridgehead atoms. The third kappa shape index (κ3) is 2.80. The van der Waals surface area contributed by atoms with Crippen LogP contribution in [-0.4, -0.2) is 33.2 Å². The van der Waals surface area contributed by atoms with Gasteiger partial charge in [-0.15, -0.1) is 0 Å². The van der Waals surface area contributed by atoms with E-state index in [4.69, 9.17) is 0 Å². The van der Waals surface area contributed by atoms with Gasteiger partial charge in [0.15, 0.2) is 5.82 Å². The summed E-state index contributed by atoms with van der Waals surface area (Å²) in [5.41, 5.74) is 1.16. The standard InChI is InChI=1S/C15H19N5O/c1-10-17-13(20-19-10)11-5-3-6-12(9-11)18-14(21)15(2)7-4-8-16-15/h3,5-6,9,16H,4,7-8H2,1-2H3,(H,18,21)(H,17,19,20). The van der Waals surface area contributed by atoms with Crippen molar-refractivity contribution in [3.05, 3.63) is 30.1 Å². The van der Waals surface area contributed by atoms with Gasteiger partial charge < -0.3 is 10.6 Å². The Bertz CT molecular complexity index is 658. The van der Waals surface area contributed by atoms with Crippen LogP contribution in [-0.2, 0) is 4.79 Å². The molecule has 1 aliphatic rings. The van der Waals surface area contributed by atoms with E-state index in [0.717, 1.165) is 36.5 Å². The first-order valence-corrected chi connectivity index (χ1v) is 7.13. The lowest BCUT2D eigenvalue weighted by Crippen LogP contribution is -2.47. The molecule has 1 unspecified atom stereocenters. The molecular formula is C15H19N5O. The molecule has 6 heteroatoms. The van der Waals surface area contributed by atoms with Gasteiger partial charge in [-0.2, -0.15) is 5.10 Å². The number of nitrogens with zero attached hydrogens (tertiary/aromatic N) is 2. The molecule has 0 spiro atoms. The molecule has 1 fully saturated rings. The van der Waals surface area contributed by atoms with Crippen LogP contribution in [0.1, 0.15) is 25.6 Å². The SMILES string of the molecule is Cc1nc(-c2cccc(NC(=O)C3(C)CCCN3)c2)n[nH]1. The largest absolute Gasteiger partial charge is 0.324 e. The number of carbonyl (C=O) groups excluding carboxylic acids is 1. The second-order valence-corrected chi connectivity index (χ2v) is 5.64. The highest BCUT2D eigenvalue weighted by Crippen LogP contribution is 2.23. The van der Waals surface area contributed by atoms with E-state index in [2.05, 4.69) is 25.8 Å². The number of aromatic amines is 1. The zero-order valence-corrected chi connectivity index (χ0v) is 12.2. The number of hydrogen-bond donors (Lipinski definition) is 3. The minimum Gasteiger partial charge on any atom is -0.324 e. The molecule has 6 nitrogen and oxygen atoms in total. The Morgan fingerprint density at radius 2 is 2.29 bits per heavy atom. The number of hydrogen-bond acceptors (Lipinski definition) is 4. The van der Waals surface area contributed by atoms with Gasteiger partial charge in [-0.25, -0.2) is 4.98 Å². The fraction of sp³-hybridized carbons (Fsp3) is 0.400. The number of amides is 1. The van der Waals surface area contributed by atoms with E-state index in [-0.39, 0.29) is 5.91 Å². The molecule has 1 amide bonds. The van der Waals surface area contributed by atoms with Crippen molar-refractivity contribution >= 4 is 11.6 Å². The molecule has 2 heterocycles. The van der Waals surface area contributed by atoms with Crippen LogP contribution in [0.3, 0.4) is 0 Å². The van der Waals surface area contributed by atoms with Gasteiger partial charge >= 0.3 is 0 Å². The number of nitrogens with one attached hydrogen (secondary N) is 3. The molecule has 0 saturated carbocycles. The van der Waals surface area contributed by atoms with Crippen molar-refractivity contribution in [3.8, 4) is 11.4 Å². The average Bonchev–Trinajstić information content (AvgIpc) is 3.09. The fourth-order valence-electron chi connectivity index (χ4n) is 2.57. The Labute approximate surface area is 123 Å². The first-order valence-electron chi connectivity index (χ1n) is 7.13. The van der Waals surface area contributed by atoms with Crippen LogP contribution in [0.5, 0.6) is 0 Å². The van der Waals surface area contributed by atoms with E-state index >= 15 is 0 Å². The molecule has 1 aromatic carbocycles. The minimum atomic E-state index is -0.475. The predicted molar refractivity (Wildman–Crippen MR) is 80.8 cm³/mol. The molecular weight excluding hydrogens is 266 g/mol. The maximum atomic E-state index is 12.4. The summed E-state index contributed by atoms with van der Waals surface area (Å²) in [6.07, 6.45) is 1.89. The lowest BCUT2D eigenvalue weighted by molar-refractivity contribution is -0.121. The third-order valence-electron chi connectivity index (χ3n) is 3.85. The zero-order chi connectivity index (χ0) is 14.9. The Hall–Kier alpha value is -2.21. The quantitative estimate of drug-likeness (QED) is 0.804. The molecule has 0 aliphatic carbocycles. The lowest BCUT2D eigenvalue weighted by atomic mass is 9.99. The third-order valence-corrected chi connectivity index (χ3v) is 3.85. The summed E-state index contributed by atoms with van der Waals surface area (Å²) in [6, 6.07) is 7.58. The van der Waals surface area contributed by atoms with Crippen molar-refractivity contribution in [2.75, 3.05) is 11.9 Å².